The average Bonchev–Trinajstić information content (AvgIpc) is 2.97. The van der Waals surface area contributed by atoms with Gasteiger partial charge in [-0.25, -0.2) is 18.4 Å². The molecule has 10 heteroatoms. The molecule has 0 N–H and O–H groups in total. The number of hydrogen-bond acceptors (Lipinski definition) is 7. The van der Waals surface area contributed by atoms with Crippen LogP contribution in [-0.2, 0) is 27.5 Å². The van der Waals surface area contributed by atoms with Gasteiger partial charge in [0.1, 0.15) is 14.4 Å². The summed E-state index contributed by atoms with van der Waals surface area (Å²) in [7, 11) is -2.95. The summed E-state index contributed by atoms with van der Waals surface area (Å²) in [4.78, 5) is 13.9. The van der Waals surface area contributed by atoms with Gasteiger partial charge in [-0.3, -0.25) is 9.30 Å². The summed E-state index contributed by atoms with van der Waals surface area (Å²) in [5.74, 6) is 1.06. The van der Waals surface area contributed by atoms with Crippen molar-refractivity contribution in [2.45, 2.75) is 13.0 Å². The highest BCUT2D eigenvalue weighted by atomic mass is 79.9. The molecule has 0 radical (unpaired) electrons. The molecule has 1 saturated heterocycles. The minimum atomic E-state index is -2.95. The Labute approximate surface area is 161 Å². The third kappa shape index (κ3) is 3.73. The van der Waals surface area contributed by atoms with E-state index in [2.05, 4.69) is 35.1 Å². The van der Waals surface area contributed by atoms with Gasteiger partial charge >= 0.3 is 0 Å². The third-order valence-corrected chi connectivity index (χ3v) is 6.17. The minimum Gasteiger partial charge on any atom is -0.378 e. The predicted molar refractivity (Wildman–Crippen MR) is 102 cm³/mol. The maximum absolute atomic E-state index is 11.4. The Bertz CT molecular complexity index is 924. The predicted octanol–water partition coefficient (Wildman–Crippen LogP) is 0.731. The second-order valence-electron chi connectivity index (χ2n) is 6.84. The molecule has 8 nitrogen and oxygen atoms in total. The van der Waals surface area contributed by atoms with E-state index in [-0.39, 0.29) is 5.75 Å². The molecular weight excluding hydrogens is 422 g/mol. The average molecular weight is 444 g/mol. The van der Waals surface area contributed by atoms with E-state index >= 15 is 0 Å². The first-order valence-electron chi connectivity index (χ1n) is 8.70. The molecule has 2 aromatic rings. The molecule has 0 bridgehead atoms. The van der Waals surface area contributed by atoms with Gasteiger partial charge in [-0.1, -0.05) is 0 Å². The van der Waals surface area contributed by atoms with Crippen LogP contribution in [0.25, 0.3) is 5.65 Å². The van der Waals surface area contributed by atoms with Crippen molar-refractivity contribution in [2.24, 2.45) is 0 Å². The first-order valence-corrected chi connectivity index (χ1v) is 11.6. The van der Waals surface area contributed by atoms with Gasteiger partial charge in [-0.2, -0.15) is 0 Å². The van der Waals surface area contributed by atoms with Crippen LogP contribution in [0.5, 0.6) is 0 Å². The van der Waals surface area contributed by atoms with Crippen LogP contribution in [0.15, 0.2) is 10.8 Å². The Balaban J connectivity index is 1.65. The van der Waals surface area contributed by atoms with Crippen LogP contribution in [0.1, 0.15) is 11.4 Å². The van der Waals surface area contributed by atoms with Crippen molar-refractivity contribution < 1.29 is 13.2 Å². The molecule has 4 heterocycles. The van der Waals surface area contributed by atoms with Gasteiger partial charge in [0.25, 0.3) is 0 Å². The van der Waals surface area contributed by atoms with Crippen molar-refractivity contribution in [1.29, 1.82) is 0 Å². The molecule has 0 aromatic carbocycles. The lowest BCUT2D eigenvalue weighted by molar-refractivity contribution is 0.122. The van der Waals surface area contributed by atoms with Crippen LogP contribution < -0.4 is 4.90 Å². The number of rotatable bonds is 4. The molecule has 0 unspecified atom stereocenters. The lowest BCUT2D eigenvalue weighted by Crippen LogP contribution is -2.37. The van der Waals surface area contributed by atoms with Crippen LogP contribution in [0.3, 0.4) is 0 Å². The van der Waals surface area contributed by atoms with Crippen LogP contribution >= 0.6 is 15.9 Å². The molecule has 1 fully saturated rings. The fourth-order valence-electron chi connectivity index (χ4n) is 3.52. The molecule has 2 aromatic heterocycles. The van der Waals surface area contributed by atoms with E-state index < -0.39 is 9.84 Å². The zero-order valence-electron chi connectivity index (χ0n) is 14.7. The van der Waals surface area contributed by atoms with Crippen molar-refractivity contribution in [3.63, 3.8) is 0 Å². The number of nitrogens with zero attached hydrogens (tertiary/aromatic N) is 5. The molecule has 26 heavy (non-hydrogen) atoms. The van der Waals surface area contributed by atoms with Gasteiger partial charge < -0.3 is 9.64 Å². The van der Waals surface area contributed by atoms with Gasteiger partial charge in [0.15, 0.2) is 11.5 Å². The van der Waals surface area contributed by atoms with Gasteiger partial charge in [0, 0.05) is 57.3 Å². The third-order valence-electron chi connectivity index (χ3n) is 4.87. The quantitative estimate of drug-likeness (QED) is 0.688. The number of halogens is 1. The summed E-state index contributed by atoms with van der Waals surface area (Å²) in [6.07, 6.45) is 4.10. The molecule has 0 amide bonds. The van der Waals surface area contributed by atoms with E-state index in [1.807, 2.05) is 6.20 Å². The lowest BCUT2D eigenvalue weighted by Gasteiger charge is -2.28. The monoisotopic (exact) mass is 443 g/mol. The van der Waals surface area contributed by atoms with E-state index in [1.165, 1.54) is 11.9 Å². The molecular formula is C16H22BrN5O3S. The molecule has 4 rings (SSSR count). The van der Waals surface area contributed by atoms with Gasteiger partial charge in [-0.05, 0) is 15.9 Å². The Morgan fingerprint density at radius 1 is 1.23 bits per heavy atom. The molecule has 142 valence electrons. The number of hydrogen-bond donors (Lipinski definition) is 0. The number of aromatic nitrogens is 3. The van der Waals surface area contributed by atoms with Crippen molar-refractivity contribution in [2.75, 3.05) is 56.3 Å². The largest absolute Gasteiger partial charge is 0.378 e. The number of fused-ring (bicyclic) bond motifs is 3. The van der Waals surface area contributed by atoms with E-state index in [9.17, 15) is 8.42 Å². The summed E-state index contributed by atoms with van der Waals surface area (Å²) in [6.45, 7) is 5.05. The molecule has 2 aliphatic heterocycles. The lowest BCUT2D eigenvalue weighted by atomic mass is 10.1. The van der Waals surface area contributed by atoms with Crippen molar-refractivity contribution in [1.82, 2.24) is 19.3 Å². The minimum absolute atomic E-state index is 0.182. The smallest absolute Gasteiger partial charge is 0.180 e. The van der Waals surface area contributed by atoms with Crippen molar-refractivity contribution >= 4 is 37.2 Å². The summed E-state index contributed by atoms with van der Waals surface area (Å²) >= 11 is 3.53. The van der Waals surface area contributed by atoms with E-state index in [0.717, 1.165) is 47.8 Å². The van der Waals surface area contributed by atoms with Crippen LogP contribution in [-0.4, -0.2) is 79.1 Å². The topological polar surface area (TPSA) is 80.0 Å². The molecule has 0 aliphatic carbocycles. The Kier molecular flexibility index (Phi) is 4.93. The molecule has 2 aliphatic rings. The van der Waals surface area contributed by atoms with Gasteiger partial charge in [0.05, 0.1) is 24.7 Å². The number of anilines is 1. The fraction of sp³-hybridized carbons (Fsp3) is 0.625. The van der Waals surface area contributed by atoms with E-state index in [4.69, 9.17) is 9.72 Å². The summed E-state index contributed by atoms with van der Waals surface area (Å²) in [5, 5.41) is 0. The van der Waals surface area contributed by atoms with Crippen LogP contribution in [0.2, 0.25) is 0 Å². The zero-order chi connectivity index (χ0) is 18.3. The number of imidazole rings is 1. The molecule has 0 spiro atoms. The van der Waals surface area contributed by atoms with Crippen LogP contribution in [0.4, 0.5) is 5.82 Å². The standard InChI is InChI=1S/C16H22BrN5O3S/c1-26(23,24)9-6-20-3-2-13-12(10-20)18-16-15(19-14(17)11-22(13)16)21-4-7-25-8-5-21/h11H,2-10H2,1H3. The Morgan fingerprint density at radius 2 is 2.00 bits per heavy atom. The highest BCUT2D eigenvalue weighted by Crippen LogP contribution is 2.28. The first-order chi connectivity index (χ1) is 12.4. The van der Waals surface area contributed by atoms with Crippen LogP contribution in [0, 0.1) is 0 Å². The van der Waals surface area contributed by atoms with Gasteiger partial charge in [0.2, 0.25) is 0 Å². The first kappa shape index (κ1) is 18.1. The second kappa shape index (κ2) is 7.06. The Hall–Kier alpha value is -1.23. The Morgan fingerprint density at radius 3 is 2.73 bits per heavy atom. The van der Waals surface area contributed by atoms with E-state index in [0.29, 0.717) is 26.3 Å². The zero-order valence-corrected chi connectivity index (χ0v) is 17.1. The maximum Gasteiger partial charge on any atom is 0.180 e. The molecule has 0 atom stereocenters. The summed E-state index contributed by atoms with van der Waals surface area (Å²) in [5.41, 5.74) is 3.07. The highest BCUT2D eigenvalue weighted by molar-refractivity contribution is 9.10. The number of ether oxygens (including phenoxy) is 1. The SMILES string of the molecule is CS(=O)(=O)CCN1CCc2c(nc3c(N4CCOCC4)nc(Br)cn23)C1. The number of morpholine rings is 1. The summed E-state index contributed by atoms with van der Waals surface area (Å²) < 4.78 is 31.2. The number of sulfone groups is 1. The van der Waals surface area contributed by atoms with Crippen molar-refractivity contribution in [3.8, 4) is 0 Å². The second-order valence-corrected chi connectivity index (χ2v) is 9.91. The van der Waals surface area contributed by atoms with E-state index in [1.54, 1.807) is 0 Å². The normalized spacial score (nSPS) is 19.1. The van der Waals surface area contributed by atoms with Crippen molar-refractivity contribution in [3.05, 3.63) is 22.2 Å². The highest BCUT2D eigenvalue weighted by Gasteiger charge is 2.25. The molecule has 0 saturated carbocycles. The summed E-state index contributed by atoms with van der Waals surface area (Å²) in [6, 6.07) is 0. The fourth-order valence-corrected chi connectivity index (χ4v) is 4.48. The van der Waals surface area contributed by atoms with Gasteiger partial charge in [-0.15, -0.1) is 0 Å². The maximum atomic E-state index is 11.4.